The van der Waals surface area contributed by atoms with Crippen molar-refractivity contribution < 1.29 is 19.1 Å². The van der Waals surface area contributed by atoms with E-state index >= 15 is 0 Å². The molecule has 0 aliphatic heterocycles. The van der Waals surface area contributed by atoms with Crippen LogP contribution in [-0.2, 0) is 25.5 Å². The highest BCUT2D eigenvalue weighted by Gasteiger charge is 2.23. The van der Waals surface area contributed by atoms with E-state index in [1.165, 1.54) is 51.5 Å². The molecule has 0 saturated carbocycles. The van der Waals surface area contributed by atoms with Crippen LogP contribution in [0.2, 0.25) is 0 Å². The van der Waals surface area contributed by atoms with Crippen molar-refractivity contribution in [3.63, 3.8) is 0 Å². The van der Waals surface area contributed by atoms with Crippen molar-refractivity contribution in [1.82, 2.24) is 0 Å². The van der Waals surface area contributed by atoms with Crippen LogP contribution in [0.5, 0.6) is 0 Å². The summed E-state index contributed by atoms with van der Waals surface area (Å²) in [5.41, 5.74) is 3.08. The molecule has 0 aromatic heterocycles. The topological polar surface area (TPSA) is 52.6 Å². The Balaban J connectivity index is 2.84. The van der Waals surface area contributed by atoms with E-state index in [4.69, 9.17) is 9.47 Å². The normalized spacial score (nSPS) is 11.7. The van der Waals surface area contributed by atoms with E-state index in [1.807, 2.05) is 19.9 Å². The molecule has 0 bridgehead atoms. The Morgan fingerprint density at radius 2 is 1.48 bits per heavy atom. The zero-order valence-electron chi connectivity index (χ0n) is 17.4. The van der Waals surface area contributed by atoms with E-state index in [1.54, 1.807) is 0 Å². The molecule has 1 rings (SSSR count). The molecule has 0 atom stereocenters. The largest absolute Gasteiger partial charge is 0.421 e. The molecule has 0 fully saturated rings. The first-order valence-corrected chi connectivity index (χ1v) is 9.98. The molecule has 150 valence electrons. The highest BCUT2D eigenvalue weighted by atomic mass is 16.7. The minimum atomic E-state index is -0.988. The van der Waals surface area contributed by atoms with Crippen molar-refractivity contribution in [1.29, 1.82) is 0 Å². The van der Waals surface area contributed by atoms with Gasteiger partial charge in [0, 0.05) is 19.4 Å². The van der Waals surface area contributed by atoms with Crippen LogP contribution >= 0.6 is 0 Å². The average Bonchev–Trinajstić information content (AvgIpc) is 2.59. The molecule has 0 N–H and O–H groups in total. The number of hydrogen-bond donors (Lipinski definition) is 0. The zero-order valence-corrected chi connectivity index (χ0v) is 17.4. The quantitative estimate of drug-likeness (QED) is 0.284. The van der Waals surface area contributed by atoms with Crippen LogP contribution in [0.1, 0.15) is 77.8 Å². The number of ether oxygens (including phenoxy) is 2. The van der Waals surface area contributed by atoms with Gasteiger partial charge in [-0.1, -0.05) is 70.7 Å². The molecule has 4 heteroatoms. The van der Waals surface area contributed by atoms with Crippen LogP contribution in [-0.4, -0.2) is 18.2 Å². The lowest BCUT2D eigenvalue weighted by atomic mass is 9.98. The van der Waals surface area contributed by atoms with Crippen molar-refractivity contribution in [2.75, 3.05) is 0 Å². The molecule has 0 amide bonds. The van der Waals surface area contributed by atoms with Crippen LogP contribution in [0.15, 0.2) is 29.8 Å². The Labute approximate surface area is 163 Å². The lowest BCUT2D eigenvalue weighted by molar-refractivity contribution is -0.178. The second-order valence-corrected chi connectivity index (χ2v) is 7.26. The fraction of sp³-hybridized carbons (Fsp3) is 0.565. The van der Waals surface area contributed by atoms with Gasteiger partial charge in [0.25, 0.3) is 6.29 Å². The van der Waals surface area contributed by atoms with Crippen molar-refractivity contribution in [3.8, 4) is 0 Å². The molecule has 0 saturated heterocycles. The third-order valence-corrected chi connectivity index (χ3v) is 4.37. The smallest absolute Gasteiger partial charge is 0.305 e. The molecule has 0 unspecified atom stereocenters. The summed E-state index contributed by atoms with van der Waals surface area (Å²) >= 11 is 0. The maximum absolute atomic E-state index is 11.4. The lowest BCUT2D eigenvalue weighted by Crippen LogP contribution is -2.26. The van der Waals surface area contributed by atoms with Crippen molar-refractivity contribution in [3.05, 3.63) is 41.0 Å². The first-order chi connectivity index (χ1) is 12.8. The van der Waals surface area contributed by atoms with Gasteiger partial charge in [-0.25, -0.2) is 0 Å². The number of esters is 2. The summed E-state index contributed by atoms with van der Waals surface area (Å²) in [6.07, 6.45) is 8.42. The molecule has 1 aromatic carbocycles. The summed E-state index contributed by atoms with van der Waals surface area (Å²) in [5.74, 6) is -0.899. The fourth-order valence-corrected chi connectivity index (χ4v) is 2.87. The molecular weight excluding hydrogens is 340 g/mol. The number of hydrogen-bond acceptors (Lipinski definition) is 4. The van der Waals surface area contributed by atoms with Gasteiger partial charge in [0.1, 0.15) is 0 Å². The maximum Gasteiger partial charge on any atom is 0.305 e. The molecule has 0 aliphatic rings. The molecule has 4 nitrogen and oxygen atoms in total. The van der Waals surface area contributed by atoms with E-state index in [-0.39, 0.29) is 5.92 Å². The lowest BCUT2D eigenvalue weighted by Gasteiger charge is -2.22. The molecule has 0 aliphatic carbocycles. The summed E-state index contributed by atoms with van der Waals surface area (Å²) in [5, 5.41) is 0. The first kappa shape index (κ1) is 22.9. The summed E-state index contributed by atoms with van der Waals surface area (Å²) in [6, 6.07) is 8.39. The number of carbonyl (C=O) groups is 2. The summed E-state index contributed by atoms with van der Waals surface area (Å²) in [7, 11) is 0. The Kier molecular flexibility index (Phi) is 10.5. The van der Waals surface area contributed by atoms with Crippen LogP contribution in [0.25, 0.3) is 6.08 Å². The summed E-state index contributed by atoms with van der Waals surface area (Å²) < 4.78 is 10.4. The van der Waals surface area contributed by atoms with Crippen molar-refractivity contribution in [2.45, 2.75) is 79.4 Å². The van der Waals surface area contributed by atoms with Gasteiger partial charge in [0.2, 0.25) is 0 Å². The van der Waals surface area contributed by atoms with Crippen LogP contribution in [0.3, 0.4) is 0 Å². The first-order valence-electron chi connectivity index (χ1n) is 9.98. The monoisotopic (exact) mass is 374 g/mol. The standard InChI is InChI=1S/C23H34O4/c1-6-7-8-9-10-11-20-12-14-21(15-13-20)16-22(17(2)3)23(26-18(4)24)27-19(5)25/h12-17,23H,6-11H2,1-5H3. The van der Waals surface area contributed by atoms with Crippen molar-refractivity contribution in [2.24, 2.45) is 5.92 Å². The molecule has 0 heterocycles. The Bertz CT molecular complexity index is 598. The van der Waals surface area contributed by atoms with Gasteiger partial charge in [0.05, 0.1) is 0 Å². The molecule has 27 heavy (non-hydrogen) atoms. The third-order valence-electron chi connectivity index (χ3n) is 4.37. The van der Waals surface area contributed by atoms with Gasteiger partial charge in [-0.3, -0.25) is 9.59 Å². The summed E-state index contributed by atoms with van der Waals surface area (Å²) in [4.78, 5) is 22.8. The van der Waals surface area contributed by atoms with E-state index < -0.39 is 18.2 Å². The highest BCUT2D eigenvalue weighted by Crippen LogP contribution is 2.23. The van der Waals surface area contributed by atoms with E-state index in [2.05, 4.69) is 31.2 Å². The van der Waals surface area contributed by atoms with Gasteiger partial charge < -0.3 is 9.47 Å². The number of aryl methyl sites for hydroxylation is 1. The molecule has 0 radical (unpaired) electrons. The van der Waals surface area contributed by atoms with E-state index in [0.717, 1.165) is 17.6 Å². The molecular formula is C23H34O4. The zero-order chi connectivity index (χ0) is 20.2. The fourth-order valence-electron chi connectivity index (χ4n) is 2.87. The van der Waals surface area contributed by atoms with Gasteiger partial charge in [-0.2, -0.15) is 0 Å². The van der Waals surface area contributed by atoms with Crippen molar-refractivity contribution >= 4 is 18.0 Å². The van der Waals surface area contributed by atoms with Crippen LogP contribution in [0.4, 0.5) is 0 Å². The SMILES string of the molecule is CCCCCCCc1ccc(C=C(C(C)C)C(OC(C)=O)OC(C)=O)cc1. The van der Waals surface area contributed by atoms with Gasteiger partial charge >= 0.3 is 11.9 Å². The van der Waals surface area contributed by atoms with E-state index in [0.29, 0.717) is 0 Å². The second kappa shape index (κ2) is 12.3. The minimum Gasteiger partial charge on any atom is -0.421 e. The van der Waals surface area contributed by atoms with Gasteiger partial charge in [0.15, 0.2) is 0 Å². The average molecular weight is 375 g/mol. The van der Waals surface area contributed by atoms with Crippen LogP contribution in [0, 0.1) is 5.92 Å². The summed E-state index contributed by atoms with van der Waals surface area (Å²) in [6.45, 7) is 8.81. The molecule has 0 spiro atoms. The number of benzene rings is 1. The molecule has 1 aromatic rings. The maximum atomic E-state index is 11.4. The third kappa shape index (κ3) is 9.41. The highest BCUT2D eigenvalue weighted by molar-refractivity contribution is 5.69. The predicted octanol–water partition coefficient (Wildman–Crippen LogP) is 5.69. The van der Waals surface area contributed by atoms with Gasteiger partial charge in [-0.05, 0) is 36.0 Å². The Morgan fingerprint density at radius 3 is 1.96 bits per heavy atom. The van der Waals surface area contributed by atoms with Gasteiger partial charge in [-0.15, -0.1) is 0 Å². The predicted molar refractivity (Wildman–Crippen MR) is 109 cm³/mol. The number of rotatable bonds is 11. The van der Waals surface area contributed by atoms with Crippen LogP contribution < -0.4 is 0 Å². The Morgan fingerprint density at radius 1 is 0.926 bits per heavy atom. The van der Waals surface area contributed by atoms with E-state index in [9.17, 15) is 9.59 Å². The Hall–Kier alpha value is -2.10. The number of unbranched alkanes of at least 4 members (excludes halogenated alkanes) is 4. The number of carbonyl (C=O) groups excluding carboxylic acids is 2. The second-order valence-electron chi connectivity index (χ2n) is 7.26. The minimum absolute atomic E-state index is 0.0620.